The maximum atomic E-state index is 11.8. The molecule has 0 unspecified atom stereocenters. The van der Waals surface area contributed by atoms with Gasteiger partial charge in [-0.2, -0.15) is 5.26 Å². The highest BCUT2D eigenvalue weighted by atomic mass is 32.2. The van der Waals surface area contributed by atoms with E-state index in [0.29, 0.717) is 11.3 Å². The number of rotatable bonds is 5. The molecule has 112 valence electrons. The predicted molar refractivity (Wildman–Crippen MR) is 87.6 cm³/mol. The molecular weight excluding hydrogens is 294 g/mol. The average molecular weight is 311 g/mol. The molecule has 4 heteroatoms. The maximum absolute atomic E-state index is 11.8. The standard InChI is InChI=1S/C18H17NO2S/c1-13-3-4-14(2)17(9-13)22-12-18(20)21-11-16-7-5-15(10-19)6-8-16/h3-9H,11-12H2,1-2H3. The molecule has 0 heterocycles. The van der Waals surface area contributed by atoms with Gasteiger partial charge in [-0.1, -0.05) is 29.8 Å². The second-order valence-electron chi connectivity index (χ2n) is 5.03. The lowest BCUT2D eigenvalue weighted by Gasteiger charge is -2.07. The van der Waals surface area contributed by atoms with Crippen LogP contribution in [-0.4, -0.2) is 11.7 Å². The Morgan fingerprint density at radius 2 is 1.91 bits per heavy atom. The number of nitriles is 1. The van der Waals surface area contributed by atoms with E-state index in [-0.39, 0.29) is 12.6 Å². The van der Waals surface area contributed by atoms with E-state index in [1.54, 1.807) is 24.3 Å². The molecule has 2 rings (SSSR count). The minimum Gasteiger partial charge on any atom is -0.460 e. The SMILES string of the molecule is Cc1ccc(C)c(SCC(=O)OCc2ccc(C#N)cc2)c1. The Hall–Kier alpha value is -2.25. The van der Waals surface area contributed by atoms with Gasteiger partial charge in [-0.25, -0.2) is 0 Å². The zero-order valence-electron chi connectivity index (χ0n) is 12.6. The van der Waals surface area contributed by atoms with Gasteiger partial charge in [0.1, 0.15) is 6.61 Å². The van der Waals surface area contributed by atoms with Crippen LogP contribution in [0.25, 0.3) is 0 Å². The van der Waals surface area contributed by atoms with Gasteiger partial charge in [0.25, 0.3) is 0 Å². The second-order valence-corrected chi connectivity index (χ2v) is 6.04. The van der Waals surface area contributed by atoms with Gasteiger partial charge in [0, 0.05) is 4.90 Å². The van der Waals surface area contributed by atoms with Crippen LogP contribution in [0.5, 0.6) is 0 Å². The van der Waals surface area contributed by atoms with Crippen LogP contribution in [0.15, 0.2) is 47.4 Å². The van der Waals surface area contributed by atoms with Gasteiger partial charge < -0.3 is 4.74 Å². The van der Waals surface area contributed by atoms with Gasteiger partial charge in [0.05, 0.1) is 17.4 Å². The molecule has 0 N–H and O–H groups in total. The fourth-order valence-electron chi connectivity index (χ4n) is 1.88. The molecule has 0 atom stereocenters. The molecule has 0 fully saturated rings. The molecule has 0 radical (unpaired) electrons. The van der Waals surface area contributed by atoms with E-state index >= 15 is 0 Å². The van der Waals surface area contributed by atoms with Crippen molar-refractivity contribution in [2.75, 3.05) is 5.75 Å². The van der Waals surface area contributed by atoms with Gasteiger partial charge in [-0.3, -0.25) is 4.79 Å². The summed E-state index contributed by atoms with van der Waals surface area (Å²) in [5.41, 5.74) is 3.82. The Morgan fingerprint density at radius 1 is 1.18 bits per heavy atom. The fourth-order valence-corrected chi connectivity index (χ4v) is 2.80. The first kappa shape index (κ1) is 16.1. The number of hydrogen-bond donors (Lipinski definition) is 0. The smallest absolute Gasteiger partial charge is 0.316 e. The van der Waals surface area contributed by atoms with Crippen molar-refractivity contribution in [3.63, 3.8) is 0 Å². The quantitative estimate of drug-likeness (QED) is 0.618. The molecule has 0 amide bonds. The zero-order valence-corrected chi connectivity index (χ0v) is 13.4. The van der Waals surface area contributed by atoms with Crippen molar-refractivity contribution in [2.24, 2.45) is 0 Å². The Labute approximate surface area is 134 Å². The Morgan fingerprint density at radius 3 is 2.59 bits per heavy atom. The lowest BCUT2D eigenvalue weighted by Crippen LogP contribution is -2.07. The molecule has 0 aromatic heterocycles. The van der Waals surface area contributed by atoms with Crippen LogP contribution in [0.3, 0.4) is 0 Å². The zero-order chi connectivity index (χ0) is 15.9. The molecule has 3 nitrogen and oxygen atoms in total. The number of hydrogen-bond acceptors (Lipinski definition) is 4. The summed E-state index contributed by atoms with van der Waals surface area (Å²) in [4.78, 5) is 12.9. The normalized spacial score (nSPS) is 10.0. The summed E-state index contributed by atoms with van der Waals surface area (Å²) in [5, 5.41) is 8.73. The number of benzene rings is 2. The molecule has 0 saturated carbocycles. The molecule has 0 aliphatic rings. The first-order valence-electron chi connectivity index (χ1n) is 6.93. The summed E-state index contributed by atoms with van der Waals surface area (Å²) >= 11 is 1.49. The topological polar surface area (TPSA) is 50.1 Å². The fraction of sp³-hybridized carbons (Fsp3) is 0.222. The van der Waals surface area contributed by atoms with Gasteiger partial charge in [0.2, 0.25) is 0 Å². The summed E-state index contributed by atoms with van der Waals surface area (Å²) in [5.74, 6) is 0.0517. The largest absolute Gasteiger partial charge is 0.460 e. The summed E-state index contributed by atoms with van der Waals surface area (Å²) < 4.78 is 5.25. The molecule has 0 aliphatic heterocycles. The highest BCUT2D eigenvalue weighted by molar-refractivity contribution is 8.00. The highest BCUT2D eigenvalue weighted by Gasteiger charge is 2.07. The molecule has 22 heavy (non-hydrogen) atoms. The third-order valence-electron chi connectivity index (χ3n) is 3.17. The van der Waals surface area contributed by atoms with Crippen LogP contribution in [-0.2, 0) is 16.1 Å². The summed E-state index contributed by atoms with van der Waals surface area (Å²) in [6, 6.07) is 15.3. The van der Waals surface area contributed by atoms with Crippen LogP contribution in [0.1, 0.15) is 22.3 Å². The Bertz CT molecular complexity index is 702. The van der Waals surface area contributed by atoms with E-state index in [0.717, 1.165) is 16.0 Å². The van der Waals surface area contributed by atoms with Gasteiger partial charge in [-0.05, 0) is 43.2 Å². The molecule has 0 spiro atoms. The van der Waals surface area contributed by atoms with Crippen molar-refractivity contribution in [3.05, 3.63) is 64.7 Å². The third kappa shape index (κ3) is 4.64. The summed E-state index contributed by atoms with van der Waals surface area (Å²) in [6.45, 7) is 4.30. The Balaban J connectivity index is 1.83. The van der Waals surface area contributed by atoms with E-state index in [4.69, 9.17) is 10.00 Å². The number of esters is 1. The third-order valence-corrected chi connectivity index (χ3v) is 4.30. The van der Waals surface area contributed by atoms with E-state index < -0.39 is 0 Å². The molecule has 2 aromatic carbocycles. The number of nitrogens with zero attached hydrogens (tertiary/aromatic N) is 1. The lowest BCUT2D eigenvalue weighted by atomic mass is 10.2. The number of carbonyl (C=O) groups is 1. The molecule has 0 aliphatic carbocycles. The minimum atomic E-state index is -0.240. The lowest BCUT2D eigenvalue weighted by molar-refractivity contribution is -0.141. The van der Waals surface area contributed by atoms with Crippen molar-refractivity contribution in [1.82, 2.24) is 0 Å². The van der Waals surface area contributed by atoms with Crippen LogP contribution in [0, 0.1) is 25.2 Å². The average Bonchev–Trinajstić information content (AvgIpc) is 2.54. The minimum absolute atomic E-state index is 0.234. The number of aryl methyl sites for hydroxylation is 2. The number of ether oxygens (including phenoxy) is 1. The van der Waals surface area contributed by atoms with E-state index in [2.05, 4.69) is 24.3 Å². The van der Waals surface area contributed by atoms with E-state index in [1.165, 1.54) is 17.3 Å². The van der Waals surface area contributed by atoms with Gasteiger partial charge in [0.15, 0.2) is 0 Å². The first-order valence-corrected chi connectivity index (χ1v) is 7.92. The second kappa shape index (κ2) is 7.67. The number of carbonyl (C=O) groups excluding carboxylic acids is 1. The van der Waals surface area contributed by atoms with Crippen molar-refractivity contribution in [3.8, 4) is 6.07 Å². The van der Waals surface area contributed by atoms with Crippen molar-refractivity contribution in [1.29, 1.82) is 5.26 Å². The molecule has 0 bridgehead atoms. The van der Waals surface area contributed by atoms with Crippen LogP contribution >= 0.6 is 11.8 Å². The summed E-state index contributed by atoms with van der Waals surface area (Å²) in [6.07, 6.45) is 0. The monoisotopic (exact) mass is 311 g/mol. The molecular formula is C18H17NO2S. The van der Waals surface area contributed by atoms with E-state index in [9.17, 15) is 4.79 Å². The highest BCUT2D eigenvalue weighted by Crippen LogP contribution is 2.23. The van der Waals surface area contributed by atoms with Gasteiger partial charge >= 0.3 is 5.97 Å². The Kier molecular flexibility index (Phi) is 5.62. The number of thioether (sulfide) groups is 1. The van der Waals surface area contributed by atoms with Crippen LogP contribution in [0.2, 0.25) is 0 Å². The van der Waals surface area contributed by atoms with Crippen LogP contribution in [0.4, 0.5) is 0 Å². The van der Waals surface area contributed by atoms with Crippen LogP contribution < -0.4 is 0 Å². The van der Waals surface area contributed by atoms with E-state index in [1.807, 2.05) is 13.8 Å². The van der Waals surface area contributed by atoms with Crippen molar-refractivity contribution in [2.45, 2.75) is 25.3 Å². The molecule has 0 saturated heterocycles. The molecule has 2 aromatic rings. The van der Waals surface area contributed by atoms with Gasteiger partial charge in [-0.15, -0.1) is 11.8 Å². The first-order chi connectivity index (χ1) is 10.6. The summed E-state index contributed by atoms with van der Waals surface area (Å²) in [7, 11) is 0. The maximum Gasteiger partial charge on any atom is 0.316 e. The predicted octanol–water partition coefficient (Wildman–Crippen LogP) is 4.01. The van der Waals surface area contributed by atoms with Crippen molar-refractivity contribution < 1.29 is 9.53 Å². The van der Waals surface area contributed by atoms with Crippen molar-refractivity contribution >= 4 is 17.7 Å².